The summed E-state index contributed by atoms with van der Waals surface area (Å²) in [6.07, 6.45) is -1.38. The van der Waals surface area contributed by atoms with Gasteiger partial charge in [-0.2, -0.15) is 0 Å². The van der Waals surface area contributed by atoms with Crippen LogP contribution in [0.15, 0.2) is 24.3 Å². The third kappa shape index (κ3) is 3.32. The van der Waals surface area contributed by atoms with Crippen molar-refractivity contribution in [2.45, 2.75) is 19.4 Å². The molecule has 0 fully saturated rings. The molecule has 1 unspecified atom stereocenters. The summed E-state index contributed by atoms with van der Waals surface area (Å²) in [4.78, 5) is 11.0. The molecule has 0 saturated heterocycles. The van der Waals surface area contributed by atoms with Crippen LogP contribution in [0.5, 0.6) is 0 Å². The van der Waals surface area contributed by atoms with Crippen molar-refractivity contribution >= 4 is 5.97 Å². The molecule has 0 radical (unpaired) electrons. The minimum atomic E-state index is -1.15. The maximum atomic E-state index is 13.2. The number of benzene rings is 1. The van der Waals surface area contributed by atoms with E-state index in [1.807, 2.05) is 0 Å². The second-order valence-corrected chi connectivity index (χ2v) is 3.05. The van der Waals surface area contributed by atoms with E-state index >= 15 is 0 Å². The van der Waals surface area contributed by atoms with E-state index in [2.05, 4.69) is 4.74 Å². The molecule has 82 valence electrons. The molecule has 1 atom stereocenters. The van der Waals surface area contributed by atoms with Gasteiger partial charge in [-0.25, -0.2) is 4.39 Å². The third-order valence-electron chi connectivity index (χ3n) is 1.93. The van der Waals surface area contributed by atoms with Gasteiger partial charge in [-0.15, -0.1) is 0 Å². The first-order valence-electron chi connectivity index (χ1n) is 4.73. The number of halogens is 1. The van der Waals surface area contributed by atoms with Crippen LogP contribution in [0.1, 0.15) is 25.0 Å². The summed E-state index contributed by atoms with van der Waals surface area (Å²) >= 11 is 0. The van der Waals surface area contributed by atoms with Gasteiger partial charge in [0.1, 0.15) is 5.82 Å². The summed E-state index contributed by atoms with van der Waals surface area (Å²) < 4.78 is 17.8. The van der Waals surface area contributed by atoms with Gasteiger partial charge in [0.25, 0.3) is 0 Å². The predicted molar refractivity (Wildman–Crippen MR) is 52.6 cm³/mol. The first-order chi connectivity index (χ1) is 7.15. The Morgan fingerprint density at radius 1 is 1.53 bits per heavy atom. The lowest BCUT2D eigenvalue weighted by Crippen LogP contribution is -2.11. The lowest BCUT2D eigenvalue weighted by Gasteiger charge is -2.10. The van der Waals surface area contributed by atoms with E-state index in [9.17, 15) is 14.3 Å². The molecule has 0 aliphatic carbocycles. The second-order valence-electron chi connectivity index (χ2n) is 3.05. The molecule has 0 heterocycles. The third-order valence-corrected chi connectivity index (χ3v) is 1.93. The number of carbonyl (C=O) groups excluding carboxylic acids is 1. The average Bonchev–Trinajstić information content (AvgIpc) is 2.18. The van der Waals surface area contributed by atoms with Gasteiger partial charge in [0.15, 0.2) is 0 Å². The largest absolute Gasteiger partial charge is 0.466 e. The quantitative estimate of drug-likeness (QED) is 0.774. The molecule has 0 bridgehead atoms. The van der Waals surface area contributed by atoms with Crippen molar-refractivity contribution in [2.75, 3.05) is 6.61 Å². The molecule has 1 N–H and O–H groups in total. The van der Waals surface area contributed by atoms with Crippen LogP contribution in [0.2, 0.25) is 0 Å². The minimum absolute atomic E-state index is 0.116. The highest BCUT2D eigenvalue weighted by atomic mass is 19.1. The Morgan fingerprint density at radius 3 is 2.80 bits per heavy atom. The van der Waals surface area contributed by atoms with Crippen molar-refractivity contribution in [2.24, 2.45) is 0 Å². The van der Waals surface area contributed by atoms with Crippen LogP contribution in [-0.2, 0) is 9.53 Å². The Kier molecular flexibility index (Phi) is 4.24. The lowest BCUT2D eigenvalue weighted by molar-refractivity contribution is -0.145. The van der Waals surface area contributed by atoms with Crippen LogP contribution in [0.25, 0.3) is 0 Å². The maximum absolute atomic E-state index is 13.2. The fourth-order valence-electron chi connectivity index (χ4n) is 1.23. The molecule has 0 saturated carbocycles. The van der Waals surface area contributed by atoms with E-state index in [0.29, 0.717) is 0 Å². The van der Waals surface area contributed by atoms with Crippen LogP contribution in [0, 0.1) is 5.82 Å². The van der Waals surface area contributed by atoms with Gasteiger partial charge in [0.2, 0.25) is 0 Å². The van der Waals surface area contributed by atoms with Crippen LogP contribution in [0.4, 0.5) is 4.39 Å². The highest BCUT2D eigenvalue weighted by Crippen LogP contribution is 2.19. The number of rotatable bonds is 4. The molecule has 0 spiro atoms. The molecule has 0 amide bonds. The molecule has 0 aliphatic rings. The minimum Gasteiger partial charge on any atom is -0.466 e. The first-order valence-corrected chi connectivity index (χ1v) is 4.73. The Bertz CT molecular complexity index is 338. The second kappa shape index (κ2) is 5.46. The lowest BCUT2D eigenvalue weighted by atomic mass is 10.1. The molecule has 1 rings (SSSR count). The average molecular weight is 212 g/mol. The molecular formula is C11H13FO3. The summed E-state index contributed by atoms with van der Waals surface area (Å²) in [5.74, 6) is -1.05. The number of aliphatic hydroxyl groups excluding tert-OH is 1. The Labute approximate surface area is 87.5 Å². The van der Waals surface area contributed by atoms with Gasteiger partial charge in [-0.05, 0) is 13.0 Å². The van der Waals surface area contributed by atoms with Crippen molar-refractivity contribution in [3.63, 3.8) is 0 Å². The number of carbonyl (C=O) groups is 1. The van der Waals surface area contributed by atoms with Crippen molar-refractivity contribution in [1.29, 1.82) is 0 Å². The number of esters is 1. The van der Waals surface area contributed by atoms with Gasteiger partial charge < -0.3 is 9.84 Å². The molecule has 15 heavy (non-hydrogen) atoms. The zero-order valence-corrected chi connectivity index (χ0v) is 8.44. The van der Waals surface area contributed by atoms with Crippen LogP contribution >= 0.6 is 0 Å². The summed E-state index contributed by atoms with van der Waals surface area (Å²) in [7, 11) is 0. The van der Waals surface area contributed by atoms with E-state index in [1.165, 1.54) is 18.2 Å². The van der Waals surface area contributed by atoms with E-state index in [0.717, 1.165) is 0 Å². The van der Waals surface area contributed by atoms with Crippen molar-refractivity contribution in [3.8, 4) is 0 Å². The van der Waals surface area contributed by atoms with Gasteiger partial charge >= 0.3 is 5.97 Å². The van der Waals surface area contributed by atoms with Crippen molar-refractivity contribution in [3.05, 3.63) is 35.6 Å². The summed E-state index contributed by atoms with van der Waals surface area (Å²) in [5, 5.41) is 9.56. The monoisotopic (exact) mass is 212 g/mol. The Morgan fingerprint density at radius 2 is 2.20 bits per heavy atom. The normalized spacial score (nSPS) is 12.2. The summed E-state index contributed by atoms with van der Waals surface area (Å²) in [5.41, 5.74) is 0.116. The molecule has 1 aromatic carbocycles. The van der Waals surface area contributed by atoms with Gasteiger partial charge in [-0.1, -0.05) is 18.2 Å². The summed E-state index contributed by atoms with van der Waals surface area (Å²) in [6, 6.07) is 5.81. The summed E-state index contributed by atoms with van der Waals surface area (Å²) in [6.45, 7) is 1.93. The molecule has 0 aliphatic heterocycles. The van der Waals surface area contributed by atoms with E-state index in [-0.39, 0.29) is 18.6 Å². The zero-order chi connectivity index (χ0) is 11.3. The zero-order valence-electron chi connectivity index (χ0n) is 8.44. The van der Waals surface area contributed by atoms with Gasteiger partial charge in [0.05, 0.1) is 19.1 Å². The smallest absolute Gasteiger partial charge is 0.308 e. The molecule has 4 heteroatoms. The number of hydrogen-bond acceptors (Lipinski definition) is 3. The number of hydrogen-bond donors (Lipinski definition) is 1. The highest BCUT2D eigenvalue weighted by molar-refractivity contribution is 5.70. The molecule has 3 nitrogen and oxygen atoms in total. The number of aliphatic hydroxyl groups is 1. The fraction of sp³-hybridized carbons (Fsp3) is 0.364. The van der Waals surface area contributed by atoms with E-state index in [1.54, 1.807) is 13.0 Å². The standard InChI is InChI=1S/C11H13FO3/c1-2-15-11(14)7-10(13)8-5-3-4-6-9(8)12/h3-6,10,13H,2,7H2,1H3. The van der Waals surface area contributed by atoms with E-state index in [4.69, 9.17) is 0 Å². The van der Waals surface area contributed by atoms with Gasteiger partial charge in [-0.3, -0.25) is 4.79 Å². The molecular weight excluding hydrogens is 199 g/mol. The van der Waals surface area contributed by atoms with Crippen LogP contribution < -0.4 is 0 Å². The highest BCUT2D eigenvalue weighted by Gasteiger charge is 2.16. The van der Waals surface area contributed by atoms with E-state index < -0.39 is 17.9 Å². The SMILES string of the molecule is CCOC(=O)CC(O)c1ccccc1F. The molecule has 0 aromatic heterocycles. The van der Waals surface area contributed by atoms with Crippen LogP contribution in [0.3, 0.4) is 0 Å². The fourth-order valence-corrected chi connectivity index (χ4v) is 1.23. The predicted octanol–water partition coefficient (Wildman–Crippen LogP) is 1.81. The Hall–Kier alpha value is -1.42. The van der Waals surface area contributed by atoms with Crippen molar-refractivity contribution in [1.82, 2.24) is 0 Å². The van der Waals surface area contributed by atoms with Gasteiger partial charge in [0, 0.05) is 5.56 Å². The first kappa shape index (κ1) is 11.7. The van der Waals surface area contributed by atoms with Crippen LogP contribution in [-0.4, -0.2) is 17.7 Å². The topological polar surface area (TPSA) is 46.5 Å². The number of ether oxygens (including phenoxy) is 1. The van der Waals surface area contributed by atoms with Crippen molar-refractivity contribution < 1.29 is 19.0 Å². The Balaban J connectivity index is 2.65. The maximum Gasteiger partial charge on any atom is 0.308 e. The molecule has 1 aromatic rings.